The molecule has 0 radical (unpaired) electrons. The molecule has 1 heterocycles. The summed E-state index contributed by atoms with van der Waals surface area (Å²) in [7, 11) is 3.01. The van der Waals surface area contributed by atoms with E-state index in [0.29, 0.717) is 29.9 Å². The van der Waals surface area contributed by atoms with Gasteiger partial charge >= 0.3 is 5.97 Å². The molecule has 2 aliphatic rings. The van der Waals surface area contributed by atoms with Crippen molar-refractivity contribution in [2.75, 3.05) is 20.8 Å². The number of carbonyl (C=O) groups excluding carboxylic acids is 1. The Morgan fingerprint density at radius 3 is 2.44 bits per heavy atom. The molecule has 0 unspecified atom stereocenters. The van der Waals surface area contributed by atoms with E-state index in [4.69, 9.17) is 14.2 Å². The van der Waals surface area contributed by atoms with Crippen LogP contribution in [0.4, 0.5) is 0 Å². The van der Waals surface area contributed by atoms with Crippen molar-refractivity contribution >= 4 is 11.9 Å². The average molecular weight is 349 g/mol. The number of hydrogen-bond acceptors (Lipinski definition) is 5. The molecule has 1 aromatic carbocycles. The molecule has 7 heteroatoms. The minimum Gasteiger partial charge on any atom is -0.493 e. The molecule has 1 amide bonds. The lowest BCUT2D eigenvalue weighted by Crippen LogP contribution is -2.54. The molecule has 25 heavy (non-hydrogen) atoms. The number of methoxy groups -OCH3 is 2. The zero-order valence-corrected chi connectivity index (χ0v) is 14.5. The number of benzene rings is 1. The van der Waals surface area contributed by atoms with Gasteiger partial charge in [0.25, 0.3) is 5.91 Å². The first kappa shape index (κ1) is 17.5. The van der Waals surface area contributed by atoms with Gasteiger partial charge in [-0.25, -0.2) is 4.79 Å². The molecule has 1 saturated heterocycles. The van der Waals surface area contributed by atoms with Crippen LogP contribution in [-0.4, -0.2) is 54.5 Å². The molecule has 1 aliphatic carbocycles. The molecular weight excluding hydrogens is 326 g/mol. The molecule has 3 rings (SSSR count). The van der Waals surface area contributed by atoms with Crippen LogP contribution >= 0.6 is 0 Å². The number of carboxylic acid groups (broad SMARTS) is 1. The predicted molar refractivity (Wildman–Crippen MR) is 88.9 cm³/mol. The predicted octanol–water partition coefficient (Wildman–Crippen LogP) is 2.29. The number of hydrogen-bond donors (Lipinski definition) is 1. The van der Waals surface area contributed by atoms with Gasteiger partial charge in [0.1, 0.15) is 5.72 Å². The van der Waals surface area contributed by atoms with Gasteiger partial charge in [0.05, 0.1) is 20.8 Å². The van der Waals surface area contributed by atoms with Crippen molar-refractivity contribution < 1.29 is 28.9 Å². The lowest BCUT2D eigenvalue weighted by atomic mass is 9.89. The van der Waals surface area contributed by atoms with Crippen LogP contribution in [0.15, 0.2) is 18.2 Å². The lowest BCUT2D eigenvalue weighted by Gasteiger charge is -2.41. The van der Waals surface area contributed by atoms with Crippen LogP contribution in [0.3, 0.4) is 0 Å². The quantitative estimate of drug-likeness (QED) is 0.898. The third-order valence-electron chi connectivity index (χ3n) is 5.03. The van der Waals surface area contributed by atoms with E-state index in [9.17, 15) is 14.7 Å². The smallest absolute Gasteiger partial charge is 0.328 e. The maximum atomic E-state index is 13.2. The molecule has 1 N–H and O–H groups in total. The van der Waals surface area contributed by atoms with Gasteiger partial charge in [0.2, 0.25) is 0 Å². The molecule has 1 saturated carbocycles. The Labute approximate surface area is 146 Å². The number of amides is 1. The second kappa shape index (κ2) is 6.92. The Morgan fingerprint density at radius 1 is 1.16 bits per heavy atom. The topological polar surface area (TPSA) is 85.3 Å². The van der Waals surface area contributed by atoms with Gasteiger partial charge in [-0.05, 0) is 43.9 Å². The first-order valence-electron chi connectivity index (χ1n) is 8.45. The minimum atomic E-state index is -1.05. The highest BCUT2D eigenvalue weighted by atomic mass is 16.5. The third-order valence-corrected chi connectivity index (χ3v) is 5.03. The maximum absolute atomic E-state index is 13.2. The van der Waals surface area contributed by atoms with Crippen LogP contribution in [0.25, 0.3) is 0 Å². The van der Waals surface area contributed by atoms with Crippen LogP contribution < -0.4 is 9.47 Å². The van der Waals surface area contributed by atoms with E-state index >= 15 is 0 Å². The number of nitrogens with zero attached hydrogens (tertiary/aromatic N) is 1. The van der Waals surface area contributed by atoms with Crippen LogP contribution in [0.2, 0.25) is 0 Å². The Hall–Kier alpha value is -2.28. The molecule has 0 aromatic heterocycles. The van der Waals surface area contributed by atoms with Gasteiger partial charge in [0, 0.05) is 5.56 Å². The number of carboxylic acids is 1. The molecule has 2 fully saturated rings. The number of rotatable bonds is 4. The van der Waals surface area contributed by atoms with Crippen molar-refractivity contribution in [1.29, 1.82) is 0 Å². The summed E-state index contributed by atoms with van der Waals surface area (Å²) in [6.07, 6.45) is 4.23. The monoisotopic (exact) mass is 349 g/mol. The Kier molecular flexibility index (Phi) is 4.85. The summed E-state index contributed by atoms with van der Waals surface area (Å²) in [6.45, 7) is 0.0222. The van der Waals surface area contributed by atoms with Gasteiger partial charge in [-0.1, -0.05) is 6.42 Å². The summed E-state index contributed by atoms with van der Waals surface area (Å²) >= 11 is 0. The standard InChI is InChI=1S/C18H23NO6/c1-23-14-7-6-12(10-15(14)24-2)16(20)19-13(17(21)22)11-25-18(19)8-4-3-5-9-18/h6-7,10,13H,3-5,8-9,11H2,1-2H3,(H,21,22)/t13-/m0/s1. The van der Waals surface area contributed by atoms with E-state index in [1.165, 1.54) is 19.1 Å². The minimum absolute atomic E-state index is 0.0222. The van der Waals surface area contributed by atoms with E-state index in [1.807, 2.05) is 0 Å². The molecule has 1 aliphatic heterocycles. The van der Waals surface area contributed by atoms with E-state index in [0.717, 1.165) is 19.3 Å². The van der Waals surface area contributed by atoms with E-state index in [1.54, 1.807) is 18.2 Å². The fourth-order valence-corrected chi connectivity index (χ4v) is 3.77. The fraction of sp³-hybridized carbons (Fsp3) is 0.556. The van der Waals surface area contributed by atoms with Crippen LogP contribution in [0.5, 0.6) is 11.5 Å². The van der Waals surface area contributed by atoms with Crippen LogP contribution in [0, 0.1) is 0 Å². The second-order valence-electron chi connectivity index (χ2n) is 6.42. The van der Waals surface area contributed by atoms with Crippen LogP contribution in [0.1, 0.15) is 42.5 Å². The Balaban J connectivity index is 1.97. The van der Waals surface area contributed by atoms with Gasteiger partial charge in [-0.15, -0.1) is 0 Å². The number of ether oxygens (including phenoxy) is 3. The highest BCUT2D eigenvalue weighted by Gasteiger charge is 2.53. The summed E-state index contributed by atoms with van der Waals surface area (Å²) in [6, 6.07) is 3.87. The zero-order valence-electron chi connectivity index (χ0n) is 14.5. The zero-order chi connectivity index (χ0) is 18.0. The number of aliphatic carboxylic acids is 1. The third kappa shape index (κ3) is 3.04. The molecule has 1 aromatic rings. The summed E-state index contributed by atoms with van der Waals surface area (Å²) in [5, 5.41) is 9.56. The van der Waals surface area contributed by atoms with Gasteiger partial charge < -0.3 is 19.3 Å². The molecule has 7 nitrogen and oxygen atoms in total. The van der Waals surface area contributed by atoms with Crippen molar-refractivity contribution in [2.45, 2.75) is 43.9 Å². The fourth-order valence-electron chi connectivity index (χ4n) is 3.77. The largest absolute Gasteiger partial charge is 0.493 e. The maximum Gasteiger partial charge on any atom is 0.328 e. The van der Waals surface area contributed by atoms with Crippen molar-refractivity contribution in [3.05, 3.63) is 23.8 Å². The van der Waals surface area contributed by atoms with Gasteiger partial charge in [0.15, 0.2) is 17.5 Å². The van der Waals surface area contributed by atoms with Crippen molar-refractivity contribution in [1.82, 2.24) is 4.90 Å². The van der Waals surface area contributed by atoms with E-state index in [-0.39, 0.29) is 12.5 Å². The van der Waals surface area contributed by atoms with E-state index < -0.39 is 17.7 Å². The van der Waals surface area contributed by atoms with Crippen molar-refractivity contribution in [2.24, 2.45) is 0 Å². The van der Waals surface area contributed by atoms with Crippen molar-refractivity contribution in [3.8, 4) is 11.5 Å². The second-order valence-corrected chi connectivity index (χ2v) is 6.42. The van der Waals surface area contributed by atoms with Gasteiger partial charge in [-0.3, -0.25) is 9.69 Å². The molecule has 0 bridgehead atoms. The highest BCUT2D eigenvalue weighted by molar-refractivity contribution is 5.98. The average Bonchev–Trinajstić information content (AvgIpc) is 2.99. The SMILES string of the molecule is COc1ccc(C(=O)N2[C@H](C(=O)O)COC23CCCCC3)cc1OC. The first-order valence-corrected chi connectivity index (χ1v) is 8.45. The molecule has 1 atom stereocenters. The van der Waals surface area contributed by atoms with Crippen LogP contribution in [-0.2, 0) is 9.53 Å². The summed E-state index contributed by atoms with van der Waals surface area (Å²) < 4.78 is 16.3. The van der Waals surface area contributed by atoms with E-state index in [2.05, 4.69) is 0 Å². The lowest BCUT2D eigenvalue weighted by molar-refractivity contribution is -0.143. The number of carbonyl (C=O) groups is 2. The molecular formula is C18H23NO6. The van der Waals surface area contributed by atoms with Crippen molar-refractivity contribution in [3.63, 3.8) is 0 Å². The normalized spacial score (nSPS) is 22.0. The summed E-state index contributed by atoms with van der Waals surface area (Å²) in [5.41, 5.74) is -0.453. The highest BCUT2D eigenvalue weighted by Crippen LogP contribution is 2.41. The Morgan fingerprint density at radius 2 is 1.84 bits per heavy atom. The Bertz CT molecular complexity index is 668. The first-order chi connectivity index (χ1) is 12.0. The summed E-state index contributed by atoms with van der Waals surface area (Å²) in [5.74, 6) is -0.457. The molecule has 1 spiro atoms. The summed E-state index contributed by atoms with van der Waals surface area (Å²) in [4.78, 5) is 26.3. The van der Waals surface area contributed by atoms with Gasteiger partial charge in [-0.2, -0.15) is 0 Å². The molecule has 136 valence electrons.